The fourth-order valence-electron chi connectivity index (χ4n) is 5.34. The van der Waals surface area contributed by atoms with Crippen molar-refractivity contribution in [3.05, 3.63) is 94.4 Å². The van der Waals surface area contributed by atoms with E-state index in [4.69, 9.17) is 9.72 Å². The number of urea groups is 1. The number of hydrogen-bond acceptors (Lipinski definition) is 6. The normalized spacial score (nSPS) is 16.2. The number of rotatable bonds is 5. The summed E-state index contributed by atoms with van der Waals surface area (Å²) in [5, 5.41) is 5.96. The van der Waals surface area contributed by atoms with Crippen molar-refractivity contribution >= 4 is 29.3 Å². The van der Waals surface area contributed by atoms with E-state index < -0.39 is 0 Å². The lowest BCUT2D eigenvalue weighted by Crippen LogP contribution is -2.42. The molecule has 2 aliphatic heterocycles. The third-order valence-corrected chi connectivity index (χ3v) is 7.55. The Balaban J connectivity index is 1.16. The zero-order valence-electron chi connectivity index (χ0n) is 22.9. The van der Waals surface area contributed by atoms with Gasteiger partial charge in [-0.05, 0) is 49.7 Å². The molecule has 1 fully saturated rings. The highest BCUT2D eigenvalue weighted by atomic mass is 16.5. The van der Waals surface area contributed by atoms with Crippen molar-refractivity contribution in [3.8, 4) is 11.4 Å². The van der Waals surface area contributed by atoms with Crippen LogP contribution in [0.4, 0.5) is 22.1 Å². The number of aromatic nitrogens is 3. The number of amides is 3. The lowest BCUT2D eigenvalue weighted by Gasteiger charge is -2.30. The van der Waals surface area contributed by atoms with Gasteiger partial charge in [0.2, 0.25) is 0 Å². The van der Waals surface area contributed by atoms with E-state index in [0.717, 1.165) is 0 Å². The van der Waals surface area contributed by atoms with Crippen molar-refractivity contribution in [1.82, 2.24) is 19.7 Å². The van der Waals surface area contributed by atoms with Gasteiger partial charge in [0.05, 0.1) is 17.9 Å². The SMILES string of the molecule is Cc1c(C(=O)N[C@H]2CCN(c3ccc4c(n3)N(C(=O)Nc3ccccc3)CCO4)C2)c(=O)n(-c2ccccc2)n1C. The van der Waals surface area contributed by atoms with Gasteiger partial charge in [-0.2, -0.15) is 0 Å². The summed E-state index contributed by atoms with van der Waals surface area (Å²) >= 11 is 0. The van der Waals surface area contributed by atoms with E-state index in [9.17, 15) is 14.4 Å². The number of pyridine rings is 1. The standard InChI is InChI=1S/C30H31N7O4/c1-20-26(29(39)37(34(20)2)23-11-7-4-8-12-23)28(38)31-22-15-16-35(19-22)25-14-13-24-27(33-25)36(17-18-41-24)30(40)32-21-9-5-3-6-10-21/h3-14,22H,15-19H2,1-2H3,(H,31,38)(H,32,40)/t22-/m0/s1. The minimum atomic E-state index is -0.389. The first-order valence-corrected chi connectivity index (χ1v) is 13.6. The fourth-order valence-corrected chi connectivity index (χ4v) is 5.34. The number of para-hydroxylation sites is 2. The first-order valence-electron chi connectivity index (χ1n) is 13.6. The average Bonchev–Trinajstić information content (AvgIpc) is 3.54. The number of ether oxygens (including phenoxy) is 1. The van der Waals surface area contributed by atoms with E-state index in [0.29, 0.717) is 67.1 Å². The average molecular weight is 554 g/mol. The molecule has 0 unspecified atom stereocenters. The smallest absolute Gasteiger partial charge is 0.327 e. The molecule has 0 spiro atoms. The fraction of sp³-hybridized carbons (Fsp3) is 0.267. The maximum Gasteiger partial charge on any atom is 0.327 e. The summed E-state index contributed by atoms with van der Waals surface area (Å²) in [5.41, 5.74) is 1.77. The van der Waals surface area contributed by atoms with Gasteiger partial charge >= 0.3 is 6.03 Å². The molecule has 0 radical (unpaired) electrons. The molecule has 11 heteroatoms. The van der Waals surface area contributed by atoms with Crippen LogP contribution in [-0.4, -0.2) is 58.6 Å². The van der Waals surface area contributed by atoms with Crippen molar-refractivity contribution in [1.29, 1.82) is 0 Å². The molecule has 0 bridgehead atoms. The molecule has 1 atom stereocenters. The molecule has 210 valence electrons. The minimum absolute atomic E-state index is 0.138. The zero-order valence-corrected chi connectivity index (χ0v) is 22.9. The lowest BCUT2D eigenvalue weighted by atomic mass is 10.2. The third-order valence-electron chi connectivity index (χ3n) is 7.55. The molecule has 0 saturated carbocycles. The van der Waals surface area contributed by atoms with Crippen LogP contribution in [0.2, 0.25) is 0 Å². The Labute approximate surface area is 236 Å². The maximum atomic E-state index is 13.3. The van der Waals surface area contributed by atoms with Crippen molar-refractivity contribution in [2.45, 2.75) is 19.4 Å². The van der Waals surface area contributed by atoms with Crippen LogP contribution < -0.4 is 30.7 Å². The topological polar surface area (TPSA) is 114 Å². The summed E-state index contributed by atoms with van der Waals surface area (Å²) in [4.78, 5) is 48.1. The Morgan fingerprint density at radius 1 is 0.976 bits per heavy atom. The first-order chi connectivity index (χ1) is 19.9. The summed E-state index contributed by atoms with van der Waals surface area (Å²) in [6.07, 6.45) is 0.692. The van der Waals surface area contributed by atoms with Gasteiger partial charge in [-0.3, -0.25) is 19.2 Å². The summed E-state index contributed by atoms with van der Waals surface area (Å²) in [6, 6.07) is 21.8. The number of anilines is 3. The lowest BCUT2D eigenvalue weighted by molar-refractivity contribution is 0.0938. The van der Waals surface area contributed by atoms with Crippen molar-refractivity contribution < 1.29 is 14.3 Å². The van der Waals surface area contributed by atoms with E-state index in [2.05, 4.69) is 15.5 Å². The van der Waals surface area contributed by atoms with E-state index in [-0.39, 0.29) is 29.1 Å². The largest absolute Gasteiger partial charge is 0.488 e. The molecule has 2 aromatic carbocycles. The van der Waals surface area contributed by atoms with E-state index in [1.54, 1.807) is 23.6 Å². The van der Waals surface area contributed by atoms with Gasteiger partial charge < -0.3 is 20.3 Å². The Bertz CT molecular complexity index is 1650. The summed E-state index contributed by atoms with van der Waals surface area (Å²) in [5.74, 6) is 1.29. The van der Waals surface area contributed by atoms with Gasteiger partial charge in [-0.15, -0.1) is 0 Å². The zero-order chi connectivity index (χ0) is 28.5. The number of carbonyl (C=O) groups is 2. The third kappa shape index (κ3) is 5.02. The number of nitrogens with zero attached hydrogens (tertiary/aromatic N) is 5. The molecule has 41 heavy (non-hydrogen) atoms. The summed E-state index contributed by atoms with van der Waals surface area (Å²) < 4.78 is 8.97. The second kappa shape index (κ2) is 10.8. The highest BCUT2D eigenvalue weighted by Crippen LogP contribution is 2.33. The number of carbonyl (C=O) groups excluding carboxylic acids is 2. The summed E-state index contributed by atoms with van der Waals surface area (Å²) in [7, 11) is 1.77. The molecule has 6 rings (SSSR count). The summed E-state index contributed by atoms with van der Waals surface area (Å²) in [6.45, 7) is 3.70. The number of hydrogen-bond donors (Lipinski definition) is 2. The predicted molar refractivity (Wildman–Crippen MR) is 156 cm³/mol. The van der Waals surface area contributed by atoms with Crippen LogP contribution in [0, 0.1) is 6.92 Å². The van der Waals surface area contributed by atoms with E-state index in [1.165, 1.54) is 4.68 Å². The molecule has 2 aliphatic rings. The van der Waals surface area contributed by atoms with Crippen LogP contribution in [-0.2, 0) is 7.05 Å². The van der Waals surface area contributed by atoms with Crippen molar-refractivity contribution in [2.75, 3.05) is 41.4 Å². The number of fused-ring (bicyclic) bond motifs is 1. The molecule has 3 amide bonds. The molecule has 11 nitrogen and oxygen atoms in total. The van der Waals surface area contributed by atoms with Crippen molar-refractivity contribution in [2.24, 2.45) is 7.05 Å². The number of benzene rings is 2. The Hall–Kier alpha value is -5.06. The molecular formula is C30H31N7O4. The van der Waals surface area contributed by atoms with E-state index in [1.807, 2.05) is 72.8 Å². The molecule has 2 aromatic heterocycles. The van der Waals surface area contributed by atoms with Gasteiger partial charge in [0.25, 0.3) is 11.5 Å². The molecule has 2 N–H and O–H groups in total. The molecule has 1 saturated heterocycles. The van der Waals surface area contributed by atoms with Gasteiger partial charge in [0.1, 0.15) is 18.0 Å². The highest BCUT2D eigenvalue weighted by Gasteiger charge is 2.31. The highest BCUT2D eigenvalue weighted by molar-refractivity contribution is 6.02. The Morgan fingerprint density at radius 2 is 1.71 bits per heavy atom. The van der Waals surface area contributed by atoms with Gasteiger partial charge in [0, 0.05) is 31.9 Å². The Morgan fingerprint density at radius 3 is 2.46 bits per heavy atom. The molecule has 4 aromatic rings. The van der Waals surface area contributed by atoms with E-state index >= 15 is 0 Å². The van der Waals surface area contributed by atoms with Crippen LogP contribution in [0.5, 0.6) is 5.75 Å². The van der Waals surface area contributed by atoms with Crippen molar-refractivity contribution in [3.63, 3.8) is 0 Å². The van der Waals surface area contributed by atoms with Crippen LogP contribution in [0.1, 0.15) is 22.5 Å². The van der Waals surface area contributed by atoms with Crippen LogP contribution in [0.3, 0.4) is 0 Å². The number of nitrogens with one attached hydrogen (secondary N) is 2. The molecular weight excluding hydrogens is 522 g/mol. The second-order valence-corrected chi connectivity index (χ2v) is 10.1. The second-order valence-electron chi connectivity index (χ2n) is 10.1. The van der Waals surface area contributed by atoms with Gasteiger partial charge in [-0.25, -0.2) is 14.5 Å². The monoisotopic (exact) mass is 553 g/mol. The Kier molecular flexibility index (Phi) is 6.92. The first kappa shape index (κ1) is 26.2. The molecule has 0 aliphatic carbocycles. The van der Waals surface area contributed by atoms with Gasteiger partial charge in [-0.1, -0.05) is 36.4 Å². The van der Waals surface area contributed by atoms with Crippen LogP contribution in [0.25, 0.3) is 5.69 Å². The van der Waals surface area contributed by atoms with Crippen LogP contribution >= 0.6 is 0 Å². The van der Waals surface area contributed by atoms with Gasteiger partial charge in [0.15, 0.2) is 11.6 Å². The predicted octanol–water partition coefficient (Wildman–Crippen LogP) is 3.32. The minimum Gasteiger partial charge on any atom is -0.488 e. The maximum absolute atomic E-state index is 13.3. The molecule has 4 heterocycles. The quantitative estimate of drug-likeness (QED) is 0.392. The van der Waals surface area contributed by atoms with Crippen LogP contribution in [0.15, 0.2) is 77.6 Å².